The third kappa shape index (κ3) is 1.92. The number of hydrogen-bond acceptors (Lipinski definition) is 2. The normalized spacial score (nSPS) is 12.6. The van der Waals surface area contributed by atoms with Crippen molar-refractivity contribution in [3.05, 3.63) is 41.8 Å². The Morgan fingerprint density at radius 3 is 2.71 bits per heavy atom. The quantitative estimate of drug-likeness (QED) is 0.796. The van der Waals surface area contributed by atoms with Gasteiger partial charge in [-0.15, -0.1) is 11.3 Å². The van der Waals surface area contributed by atoms with Crippen molar-refractivity contribution < 1.29 is 8.76 Å². The molecule has 2 nitrogen and oxygen atoms in total. The molecule has 0 aliphatic heterocycles. The van der Waals surface area contributed by atoms with Crippen LogP contribution in [0.5, 0.6) is 0 Å². The second-order valence-electron chi connectivity index (χ2n) is 2.75. The van der Waals surface area contributed by atoms with Gasteiger partial charge in [0.2, 0.25) is 0 Å². The van der Waals surface area contributed by atoms with Crippen LogP contribution in [-0.4, -0.2) is 8.76 Å². The number of rotatable bonds is 2. The summed E-state index contributed by atoms with van der Waals surface area (Å²) in [6, 6.07) is 11.1. The summed E-state index contributed by atoms with van der Waals surface area (Å²) >= 11 is -0.280. The summed E-state index contributed by atoms with van der Waals surface area (Å²) in [6.07, 6.45) is 0. The topological polar surface area (TPSA) is 37.3 Å². The Morgan fingerprint density at radius 2 is 2.07 bits per heavy atom. The second kappa shape index (κ2) is 4.04. The van der Waals surface area contributed by atoms with Crippen molar-refractivity contribution in [3.8, 4) is 10.4 Å². The molecule has 1 unspecified atom stereocenters. The van der Waals surface area contributed by atoms with Crippen LogP contribution in [0.25, 0.3) is 10.4 Å². The van der Waals surface area contributed by atoms with Crippen molar-refractivity contribution in [1.82, 2.24) is 0 Å². The first kappa shape index (κ1) is 9.58. The minimum Gasteiger partial charge on any atom is -0.302 e. The summed E-state index contributed by atoms with van der Waals surface area (Å²) in [5, 5.41) is 1.98. The summed E-state index contributed by atoms with van der Waals surface area (Å²) in [6.45, 7) is 0. The molecule has 1 aromatic heterocycles. The van der Waals surface area contributed by atoms with Crippen molar-refractivity contribution in [3.63, 3.8) is 0 Å². The van der Waals surface area contributed by atoms with Gasteiger partial charge >= 0.3 is 0 Å². The minimum absolute atomic E-state index is 0.441. The maximum absolute atomic E-state index is 10.8. The lowest BCUT2D eigenvalue weighted by Gasteiger charge is -1.99. The average Bonchev–Trinajstić information content (AvgIpc) is 2.71. The molecule has 4 heteroatoms. The fourth-order valence-electron chi connectivity index (χ4n) is 1.20. The fourth-order valence-corrected chi connectivity index (χ4v) is 2.35. The molecule has 0 fully saturated rings. The molecule has 0 aliphatic carbocycles. The Morgan fingerprint density at radius 1 is 1.21 bits per heavy atom. The number of benzene rings is 1. The third-order valence-corrected chi connectivity index (χ3v) is 3.42. The van der Waals surface area contributed by atoms with E-state index in [0.717, 1.165) is 10.4 Å². The van der Waals surface area contributed by atoms with Crippen molar-refractivity contribution in [2.45, 2.75) is 4.90 Å². The zero-order valence-electron chi connectivity index (χ0n) is 7.21. The average molecular weight is 224 g/mol. The zero-order valence-corrected chi connectivity index (χ0v) is 8.85. The smallest absolute Gasteiger partial charge is 0.186 e. The van der Waals surface area contributed by atoms with Crippen molar-refractivity contribution in [1.29, 1.82) is 0 Å². The van der Waals surface area contributed by atoms with Crippen LogP contribution in [0.4, 0.5) is 0 Å². The molecule has 2 rings (SSSR count). The fraction of sp³-hybridized carbons (Fsp3) is 0. The summed E-state index contributed by atoms with van der Waals surface area (Å²) < 4.78 is 19.8. The van der Waals surface area contributed by atoms with Gasteiger partial charge in [-0.3, -0.25) is 0 Å². The van der Waals surface area contributed by atoms with Crippen LogP contribution in [0.2, 0.25) is 0 Å². The van der Waals surface area contributed by atoms with E-state index in [4.69, 9.17) is 4.55 Å². The highest BCUT2D eigenvalue weighted by atomic mass is 32.2. The summed E-state index contributed by atoms with van der Waals surface area (Å²) in [4.78, 5) is 1.55. The third-order valence-electron chi connectivity index (χ3n) is 1.84. The first-order chi connectivity index (χ1) is 6.77. The van der Waals surface area contributed by atoms with Crippen molar-refractivity contribution in [2.24, 2.45) is 0 Å². The van der Waals surface area contributed by atoms with Crippen LogP contribution in [0.1, 0.15) is 0 Å². The monoisotopic (exact) mass is 224 g/mol. The molecule has 1 atom stereocenters. The number of hydrogen-bond donors (Lipinski definition) is 1. The largest absolute Gasteiger partial charge is 0.302 e. The molecule has 0 amide bonds. The predicted molar refractivity (Wildman–Crippen MR) is 58.8 cm³/mol. The maximum atomic E-state index is 10.8. The summed E-state index contributed by atoms with van der Waals surface area (Å²) in [5.41, 5.74) is 0.986. The lowest BCUT2D eigenvalue weighted by atomic mass is 10.2. The van der Waals surface area contributed by atoms with Crippen LogP contribution in [0, 0.1) is 0 Å². The molecule has 1 aromatic carbocycles. The van der Waals surface area contributed by atoms with Crippen molar-refractivity contribution >= 4 is 22.4 Å². The standard InChI is InChI=1S/C10H8O2S2/c11-14(12)9-4-1-3-8(7-9)10-5-2-6-13-10/h1-7H,(H,11,12). The van der Waals surface area contributed by atoms with Gasteiger partial charge in [0, 0.05) is 4.88 Å². The van der Waals surface area contributed by atoms with Gasteiger partial charge in [-0.1, -0.05) is 18.2 Å². The van der Waals surface area contributed by atoms with Crippen LogP contribution in [0.3, 0.4) is 0 Å². The molecule has 1 heterocycles. The molecule has 2 aromatic rings. The molecule has 14 heavy (non-hydrogen) atoms. The molecule has 0 saturated carbocycles. The summed E-state index contributed by atoms with van der Waals surface area (Å²) in [7, 11) is 0. The van der Waals surface area contributed by atoms with Gasteiger partial charge in [0.1, 0.15) is 0 Å². The molecule has 0 radical (unpaired) electrons. The first-order valence-electron chi connectivity index (χ1n) is 4.02. The molecule has 0 spiro atoms. The van der Waals surface area contributed by atoms with Gasteiger partial charge in [-0.05, 0) is 29.1 Å². The van der Waals surface area contributed by atoms with Gasteiger partial charge in [-0.2, -0.15) is 0 Å². The van der Waals surface area contributed by atoms with Gasteiger partial charge < -0.3 is 4.55 Å². The van der Waals surface area contributed by atoms with E-state index in [9.17, 15) is 4.21 Å². The predicted octanol–water partition coefficient (Wildman–Crippen LogP) is 3.00. The van der Waals surface area contributed by atoms with E-state index in [1.54, 1.807) is 29.5 Å². The van der Waals surface area contributed by atoms with E-state index in [1.807, 2.05) is 23.6 Å². The Kier molecular flexibility index (Phi) is 2.77. The summed E-state index contributed by atoms with van der Waals surface area (Å²) in [5.74, 6) is 0. The van der Waals surface area contributed by atoms with E-state index in [0.29, 0.717) is 4.90 Å². The van der Waals surface area contributed by atoms with Gasteiger partial charge in [0.15, 0.2) is 11.1 Å². The lowest BCUT2D eigenvalue weighted by molar-refractivity contribution is 0.564. The Balaban J connectivity index is 2.46. The van der Waals surface area contributed by atoms with E-state index >= 15 is 0 Å². The molecular formula is C10H8O2S2. The SMILES string of the molecule is O=S(O)c1cccc(-c2cccs2)c1. The lowest BCUT2D eigenvalue weighted by Crippen LogP contribution is -1.87. The molecular weight excluding hydrogens is 216 g/mol. The van der Waals surface area contributed by atoms with E-state index < -0.39 is 11.1 Å². The van der Waals surface area contributed by atoms with E-state index in [1.165, 1.54) is 0 Å². The molecule has 0 saturated heterocycles. The van der Waals surface area contributed by atoms with Gasteiger partial charge in [0.25, 0.3) is 0 Å². The van der Waals surface area contributed by atoms with Crippen LogP contribution >= 0.6 is 11.3 Å². The molecule has 0 bridgehead atoms. The maximum Gasteiger partial charge on any atom is 0.186 e. The highest BCUT2D eigenvalue weighted by Crippen LogP contribution is 2.25. The number of thiophene rings is 1. The molecule has 0 aliphatic rings. The highest BCUT2D eigenvalue weighted by molar-refractivity contribution is 7.79. The van der Waals surface area contributed by atoms with Crippen LogP contribution < -0.4 is 0 Å². The molecule has 1 N–H and O–H groups in total. The van der Waals surface area contributed by atoms with E-state index in [-0.39, 0.29) is 0 Å². The van der Waals surface area contributed by atoms with Gasteiger partial charge in [-0.25, -0.2) is 4.21 Å². The van der Waals surface area contributed by atoms with Crippen molar-refractivity contribution in [2.75, 3.05) is 0 Å². The highest BCUT2D eigenvalue weighted by Gasteiger charge is 2.02. The zero-order chi connectivity index (χ0) is 9.97. The molecule has 72 valence electrons. The Bertz CT molecular complexity index is 449. The van der Waals surface area contributed by atoms with Crippen LogP contribution in [-0.2, 0) is 11.1 Å². The Hall–Kier alpha value is -0.970. The minimum atomic E-state index is -1.90. The first-order valence-corrected chi connectivity index (χ1v) is 6.01. The van der Waals surface area contributed by atoms with Gasteiger partial charge in [0.05, 0.1) is 4.90 Å². The van der Waals surface area contributed by atoms with E-state index in [2.05, 4.69) is 0 Å². The Labute approximate surface area is 88.5 Å². The van der Waals surface area contributed by atoms with Crippen LogP contribution in [0.15, 0.2) is 46.7 Å². The second-order valence-corrected chi connectivity index (χ2v) is 4.67.